The number of hydrogen-bond donors (Lipinski definition) is 2. The maximum Gasteiger partial charge on any atom is 0.238 e. The molecule has 2 rings (SSSR count). The molecule has 17 heavy (non-hydrogen) atoms. The fraction of sp³-hybridized carbons (Fsp3) is 0.364. The molecule has 0 aliphatic heterocycles. The topological polar surface area (TPSA) is 71.8 Å². The van der Waals surface area contributed by atoms with Gasteiger partial charge in [0.1, 0.15) is 0 Å². The van der Waals surface area contributed by atoms with Gasteiger partial charge in [0.25, 0.3) is 0 Å². The third-order valence-electron chi connectivity index (χ3n) is 2.48. The second-order valence-electron chi connectivity index (χ2n) is 3.88. The number of rotatable bonds is 3. The molecule has 90 valence electrons. The van der Waals surface area contributed by atoms with Crippen molar-refractivity contribution >= 4 is 22.6 Å². The molecule has 0 aliphatic rings. The second kappa shape index (κ2) is 4.50. The molecule has 0 unspecified atom stereocenters. The van der Waals surface area contributed by atoms with Crippen molar-refractivity contribution in [3.8, 4) is 0 Å². The van der Waals surface area contributed by atoms with E-state index in [1.54, 1.807) is 17.9 Å². The quantitative estimate of drug-likeness (QED) is 0.806. The normalized spacial score (nSPS) is 10.8. The van der Waals surface area contributed by atoms with Gasteiger partial charge in [0, 0.05) is 12.4 Å². The Morgan fingerprint density at radius 2 is 2.29 bits per heavy atom. The van der Waals surface area contributed by atoms with E-state index in [9.17, 15) is 4.79 Å². The van der Waals surface area contributed by atoms with Crippen molar-refractivity contribution in [3.05, 3.63) is 18.0 Å². The van der Waals surface area contributed by atoms with Crippen LogP contribution in [0, 0.1) is 6.92 Å². The van der Waals surface area contributed by atoms with E-state index in [4.69, 9.17) is 0 Å². The summed E-state index contributed by atoms with van der Waals surface area (Å²) < 4.78 is 1.73. The highest BCUT2D eigenvalue weighted by Crippen LogP contribution is 2.18. The van der Waals surface area contributed by atoms with Crippen molar-refractivity contribution < 1.29 is 4.79 Å². The molecule has 6 nitrogen and oxygen atoms in total. The van der Waals surface area contributed by atoms with Crippen molar-refractivity contribution in [2.75, 3.05) is 18.9 Å². The highest BCUT2D eigenvalue weighted by atomic mass is 16.1. The monoisotopic (exact) mass is 233 g/mol. The van der Waals surface area contributed by atoms with Crippen molar-refractivity contribution in [1.82, 2.24) is 20.1 Å². The molecule has 2 heterocycles. The molecule has 1 amide bonds. The molecule has 0 aromatic carbocycles. The number of pyridine rings is 1. The number of fused-ring (bicyclic) bond motifs is 1. The van der Waals surface area contributed by atoms with Crippen molar-refractivity contribution in [1.29, 1.82) is 0 Å². The van der Waals surface area contributed by atoms with Crippen LogP contribution in [0.2, 0.25) is 0 Å². The number of likely N-dealkylation sites (N-methyl/N-ethyl adjacent to an activating group) is 1. The van der Waals surface area contributed by atoms with Gasteiger partial charge in [-0.3, -0.25) is 9.48 Å². The minimum atomic E-state index is -0.0878. The Bertz CT molecular complexity index is 560. The highest BCUT2D eigenvalue weighted by Gasteiger charge is 2.08. The van der Waals surface area contributed by atoms with E-state index in [1.165, 1.54) is 0 Å². The highest BCUT2D eigenvalue weighted by molar-refractivity contribution is 5.94. The largest absolute Gasteiger partial charge is 0.324 e. The second-order valence-corrected chi connectivity index (χ2v) is 3.88. The smallest absolute Gasteiger partial charge is 0.238 e. The molecule has 0 fully saturated rings. The lowest BCUT2D eigenvalue weighted by Crippen LogP contribution is -2.25. The van der Waals surface area contributed by atoms with Gasteiger partial charge in [0.05, 0.1) is 24.1 Å². The molecule has 0 bridgehead atoms. The number of carbonyl (C=O) groups excluding carboxylic acids is 1. The molecule has 2 N–H and O–H groups in total. The van der Waals surface area contributed by atoms with Crippen LogP contribution in [0.25, 0.3) is 11.0 Å². The summed E-state index contributed by atoms with van der Waals surface area (Å²) >= 11 is 0. The summed E-state index contributed by atoms with van der Waals surface area (Å²) in [5.41, 5.74) is 2.41. The van der Waals surface area contributed by atoms with Crippen molar-refractivity contribution in [2.45, 2.75) is 6.92 Å². The molecule has 0 spiro atoms. The summed E-state index contributed by atoms with van der Waals surface area (Å²) in [6.07, 6.45) is 1.64. The van der Waals surface area contributed by atoms with Gasteiger partial charge < -0.3 is 10.6 Å². The van der Waals surface area contributed by atoms with E-state index in [2.05, 4.69) is 20.7 Å². The predicted molar refractivity (Wildman–Crippen MR) is 65.8 cm³/mol. The minimum absolute atomic E-state index is 0.0878. The molecule has 0 radical (unpaired) electrons. The van der Waals surface area contributed by atoms with Gasteiger partial charge >= 0.3 is 0 Å². The molecule has 0 saturated carbocycles. The maximum atomic E-state index is 11.4. The third-order valence-corrected chi connectivity index (χ3v) is 2.48. The van der Waals surface area contributed by atoms with E-state index in [0.717, 1.165) is 16.7 Å². The summed E-state index contributed by atoms with van der Waals surface area (Å²) in [7, 11) is 3.58. The molecule has 0 aliphatic carbocycles. The standard InChI is InChI=1S/C11H15N5O/c1-7-9-4-8(14-10(17)6-12-2)5-13-11(9)16(3)15-7/h4-5,12H,6H2,1-3H3,(H,14,17). The first-order valence-corrected chi connectivity index (χ1v) is 5.35. The van der Waals surface area contributed by atoms with E-state index in [1.807, 2.05) is 20.0 Å². The summed E-state index contributed by atoms with van der Waals surface area (Å²) in [5.74, 6) is -0.0878. The fourth-order valence-electron chi connectivity index (χ4n) is 1.74. The van der Waals surface area contributed by atoms with Crippen LogP contribution in [0.5, 0.6) is 0 Å². The zero-order valence-electron chi connectivity index (χ0n) is 10.1. The number of carbonyl (C=O) groups is 1. The van der Waals surface area contributed by atoms with Gasteiger partial charge in [-0.05, 0) is 20.0 Å². The first-order valence-electron chi connectivity index (χ1n) is 5.35. The van der Waals surface area contributed by atoms with E-state index in [0.29, 0.717) is 5.69 Å². The fourth-order valence-corrected chi connectivity index (χ4v) is 1.74. The first-order chi connectivity index (χ1) is 8.11. The van der Waals surface area contributed by atoms with Crippen LogP contribution in [-0.2, 0) is 11.8 Å². The summed E-state index contributed by atoms with van der Waals surface area (Å²) in [5, 5.41) is 10.8. The Kier molecular flexibility index (Phi) is 3.06. The number of aryl methyl sites for hydroxylation is 2. The zero-order valence-corrected chi connectivity index (χ0v) is 10.1. The molecule has 6 heteroatoms. The zero-order chi connectivity index (χ0) is 12.4. The van der Waals surface area contributed by atoms with Gasteiger partial charge in [-0.2, -0.15) is 5.10 Å². The first kappa shape index (κ1) is 11.5. The average molecular weight is 233 g/mol. The Morgan fingerprint density at radius 1 is 1.53 bits per heavy atom. The molecular weight excluding hydrogens is 218 g/mol. The minimum Gasteiger partial charge on any atom is -0.324 e. The van der Waals surface area contributed by atoms with Crippen LogP contribution in [0.4, 0.5) is 5.69 Å². The van der Waals surface area contributed by atoms with E-state index >= 15 is 0 Å². The van der Waals surface area contributed by atoms with Crippen molar-refractivity contribution in [2.24, 2.45) is 7.05 Å². The lowest BCUT2D eigenvalue weighted by molar-refractivity contribution is -0.115. The van der Waals surface area contributed by atoms with Crippen LogP contribution in [0.3, 0.4) is 0 Å². The summed E-state index contributed by atoms with van der Waals surface area (Å²) in [6.45, 7) is 2.20. The van der Waals surface area contributed by atoms with Crippen LogP contribution >= 0.6 is 0 Å². The number of nitrogens with one attached hydrogen (secondary N) is 2. The number of anilines is 1. The van der Waals surface area contributed by atoms with Crippen LogP contribution < -0.4 is 10.6 Å². The number of amides is 1. The Morgan fingerprint density at radius 3 is 3.00 bits per heavy atom. The van der Waals surface area contributed by atoms with Gasteiger partial charge in [0.15, 0.2) is 5.65 Å². The molecule has 0 saturated heterocycles. The van der Waals surface area contributed by atoms with Gasteiger partial charge in [-0.1, -0.05) is 0 Å². The van der Waals surface area contributed by atoms with Gasteiger partial charge in [0.2, 0.25) is 5.91 Å². The SMILES string of the molecule is CNCC(=O)Nc1cnc2c(c1)c(C)nn2C. The number of nitrogens with zero attached hydrogens (tertiary/aromatic N) is 3. The molecule has 2 aromatic rings. The molecule has 0 atom stereocenters. The van der Waals surface area contributed by atoms with Crippen LogP contribution in [0.1, 0.15) is 5.69 Å². The van der Waals surface area contributed by atoms with E-state index in [-0.39, 0.29) is 12.5 Å². The summed E-state index contributed by atoms with van der Waals surface area (Å²) in [6, 6.07) is 1.89. The molecule has 2 aromatic heterocycles. The Hall–Kier alpha value is -1.95. The number of aromatic nitrogens is 3. The van der Waals surface area contributed by atoms with Gasteiger partial charge in [-0.15, -0.1) is 0 Å². The lowest BCUT2D eigenvalue weighted by Gasteiger charge is -2.04. The van der Waals surface area contributed by atoms with Gasteiger partial charge in [-0.25, -0.2) is 4.98 Å². The number of hydrogen-bond acceptors (Lipinski definition) is 4. The summed E-state index contributed by atoms with van der Waals surface area (Å²) in [4.78, 5) is 15.7. The lowest BCUT2D eigenvalue weighted by atomic mass is 10.2. The van der Waals surface area contributed by atoms with Crippen molar-refractivity contribution in [3.63, 3.8) is 0 Å². The Labute approximate surface area is 99.0 Å². The molecular formula is C11H15N5O. The average Bonchev–Trinajstić information content (AvgIpc) is 2.55. The third kappa shape index (κ3) is 2.26. The van der Waals surface area contributed by atoms with E-state index < -0.39 is 0 Å². The van der Waals surface area contributed by atoms with Crippen LogP contribution in [0.15, 0.2) is 12.3 Å². The maximum absolute atomic E-state index is 11.4. The van der Waals surface area contributed by atoms with Crippen LogP contribution in [-0.4, -0.2) is 34.3 Å². The Balaban J connectivity index is 2.31. The predicted octanol–water partition coefficient (Wildman–Crippen LogP) is 0.435.